The van der Waals surface area contributed by atoms with Crippen molar-refractivity contribution in [2.75, 3.05) is 19.0 Å². The van der Waals surface area contributed by atoms with Crippen LogP contribution in [0.1, 0.15) is 43.6 Å². The molecule has 4 heteroatoms. The molecule has 21 heavy (non-hydrogen) atoms. The summed E-state index contributed by atoms with van der Waals surface area (Å²) in [7, 11) is 4.08. The van der Waals surface area contributed by atoms with Gasteiger partial charge in [0, 0.05) is 44.5 Å². The van der Waals surface area contributed by atoms with Crippen molar-refractivity contribution >= 4 is 5.69 Å². The van der Waals surface area contributed by atoms with E-state index in [1.54, 1.807) is 0 Å². The van der Waals surface area contributed by atoms with Gasteiger partial charge >= 0.3 is 0 Å². The molecule has 114 valence electrons. The Morgan fingerprint density at radius 2 is 1.86 bits per heavy atom. The summed E-state index contributed by atoms with van der Waals surface area (Å²) >= 11 is 0. The molecular formula is C17H26N4. The van der Waals surface area contributed by atoms with Crippen LogP contribution >= 0.6 is 0 Å². The first-order valence-corrected chi connectivity index (χ1v) is 7.58. The second kappa shape index (κ2) is 6.76. The van der Waals surface area contributed by atoms with E-state index in [2.05, 4.69) is 54.2 Å². The Morgan fingerprint density at radius 3 is 2.43 bits per heavy atom. The smallest absolute Gasteiger partial charge is 0.0643 e. The van der Waals surface area contributed by atoms with Crippen molar-refractivity contribution in [3.8, 4) is 0 Å². The van der Waals surface area contributed by atoms with Crippen molar-refractivity contribution in [2.24, 2.45) is 5.73 Å². The van der Waals surface area contributed by atoms with Gasteiger partial charge in [0.05, 0.1) is 5.69 Å². The maximum Gasteiger partial charge on any atom is 0.0643 e. The number of nitrogens with two attached hydrogens (primary N) is 1. The fourth-order valence-electron chi connectivity index (χ4n) is 2.28. The van der Waals surface area contributed by atoms with E-state index in [1.165, 1.54) is 5.69 Å². The monoisotopic (exact) mass is 286 g/mol. The highest BCUT2D eigenvalue weighted by Crippen LogP contribution is 2.19. The van der Waals surface area contributed by atoms with Gasteiger partial charge in [-0.1, -0.05) is 19.1 Å². The lowest BCUT2D eigenvalue weighted by Gasteiger charge is -2.15. The zero-order chi connectivity index (χ0) is 15.4. The Hall–Kier alpha value is -1.81. The third-order valence-corrected chi connectivity index (χ3v) is 3.97. The molecule has 0 saturated carbocycles. The lowest BCUT2D eigenvalue weighted by atomic mass is 10.0. The van der Waals surface area contributed by atoms with Gasteiger partial charge in [-0.2, -0.15) is 5.10 Å². The first kappa shape index (κ1) is 15.6. The van der Waals surface area contributed by atoms with Crippen LogP contribution in [0, 0.1) is 0 Å². The first-order chi connectivity index (χ1) is 10.0. The van der Waals surface area contributed by atoms with Gasteiger partial charge < -0.3 is 10.6 Å². The molecule has 0 aliphatic heterocycles. The summed E-state index contributed by atoms with van der Waals surface area (Å²) in [6.45, 7) is 4.35. The standard InChI is InChI=1S/C17H26N4/c1-5-13(2)21-11-10-15(19-21)12-17(18)14-6-8-16(9-7-14)20(3)4/h6-11,13,17H,5,12,18H2,1-4H3. The molecule has 0 amide bonds. The maximum absolute atomic E-state index is 6.31. The third-order valence-electron chi connectivity index (χ3n) is 3.97. The summed E-state index contributed by atoms with van der Waals surface area (Å²) in [5, 5.41) is 4.62. The van der Waals surface area contributed by atoms with E-state index in [0.29, 0.717) is 6.04 Å². The SMILES string of the molecule is CCC(C)n1ccc(CC(N)c2ccc(N(C)C)cc2)n1. The molecule has 0 spiro atoms. The Balaban J connectivity index is 2.03. The summed E-state index contributed by atoms with van der Waals surface area (Å²) in [6, 6.07) is 10.9. The predicted octanol–water partition coefficient (Wildman–Crippen LogP) is 3.16. The quantitative estimate of drug-likeness (QED) is 0.887. The zero-order valence-electron chi connectivity index (χ0n) is 13.5. The number of aromatic nitrogens is 2. The zero-order valence-corrected chi connectivity index (χ0v) is 13.5. The summed E-state index contributed by atoms with van der Waals surface area (Å²) in [6.07, 6.45) is 3.90. The topological polar surface area (TPSA) is 47.1 Å². The van der Waals surface area contributed by atoms with Crippen LogP contribution in [0.25, 0.3) is 0 Å². The second-order valence-corrected chi connectivity index (χ2v) is 5.84. The van der Waals surface area contributed by atoms with Gasteiger partial charge in [-0.15, -0.1) is 0 Å². The fourth-order valence-corrected chi connectivity index (χ4v) is 2.28. The van der Waals surface area contributed by atoms with Crippen molar-refractivity contribution < 1.29 is 0 Å². The van der Waals surface area contributed by atoms with Crippen LogP contribution in [0.3, 0.4) is 0 Å². The summed E-state index contributed by atoms with van der Waals surface area (Å²) < 4.78 is 2.02. The molecule has 2 aromatic rings. The average Bonchev–Trinajstić information content (AvgIpc) is 2.95. The van der Waals surface area contributed by atoms with Crippen molar-refractivity contribution in [2.45, 2.75) is 38.8 Å². The number of nitrogens with zero attached hydrogens (tertiary/aromatic N) is 3. The van der Waals surface area contributed by atoms with E-state index < -0.39 is 0 Å². The molecule has 1 heterocycles. The van der Waals surface area contributed by atoms with Crippen LogP contribution in [0.5, 0.6) is 0 Å². The molecule has 1 aromatic carbocycles. The Morgan fingerprint density at radius 1 is 1.19 bits per heavy atom. The van der Waals surface area contributed by atoms with Gasteiger partial charge in [-0.3, -0.25) is 4.68 Å². The van der Waals surface area contributed by atoms with Crippen molar-refractivity contribution in [3.63, 3.8) is 0 Å². The van der Waals surface area contributed by atoms with Crippen molar-refractivity contribution in [1.82, 2.24) is 9.78 Å². The molecule has 2 N–H and O–H groups in total. The van der Waals surface area contributed by atoms with Crippen molar-refractivity contribution in [1.29, 1.82) is 0 Å². The van der Waals surface area contributed by atoms with Crippen LogP contribution in [-0.4, -0.2) is 23.9 Å². The normalized spacial score (nSPS) is 14.0. The maximum atomic E-state index is 6.31. The van der Waals surface area contributed by atoms with Crippen LogP contribution in [0.4, 0.5) is 5.69 Å². The minimum Gasteiger partial charge on any atom is -0.378 e. The number of anilines is 1. The molecular weight excluding hydrogens is 260 g/mol. The van der Waals surface area contributed by atoms with Crippen molar-refractivity contribution in [3.05, 3.63) is 47.8 Å². The Bertz CT molecular complexity index is 556. The minimum absolute atomic E-state index is 0.0125. The first-order valence-electron chi connectivity index (χ1n) is 7.58. The Labute approximate surface area is 127 Å². The van der Waals surface area contributed by atoms with Gasteiger partial charge in [0.15, 0.2) is 0 Å². The highest BCUT2D eigenvalue weighted by Gasteiger charge is 2.11. The number of benzene rings is 1. The number of hydrogen-bond acceptors (Lipinski definition) is 3. The van der Waals surface area contributed by atoms with E-state index >= 15 is 0 Å². The highest BCUT2D eigenvalue weighted by molar-refractivity contribution is 5.46. The third kappa shape index (κ3) is 3.85. The van der Waals surface area contributed by atoms with Crippen LogP contribution in [0.2, 0.25) is 0 Å². The van der Waals surface area contributed by atoms with Crippen LogP contribution < -0.4 is 10.6 Å². The van der Waals surface area contributed by atoms with Gasteiger partial charge in [-0.05, 0) is 37.1 Å². The molecule has 0 fully saturated rings. The molecule has 2 rings (SSSR count). The molecule has 2 unspecified atom stereocenters. The summed E-state index contributed by atoms with van der Waals surface area (Å²) in [5.41, 5.74) is 9.70. The molecule has 0 aliphatic rings. The van der Waals surface area contributed by atoms with Crippen LogP contribution in [-0.2, 0) is 6.42 Å². The minimum atomic E-state index is -0.0125. The highest BCUT2D eigenvalue weighted by atomic mass is 15.3. The molecule has 2 atom stereocenters. The van der Waals surface area contributed by atoms with E-state index in [4.69, 9.17) is 5.73 Å². The summed E-state index contributed by atoms with van der Waals surface area (Å²) in [4.78, 5) is 2.09. The predicted molar refractivity (Wildman–Crippen MR) is 88.6 cm³/mol. The van der Waals surface area contributed by atoms with E-state index in [-0.39, 0.29) is 6.04 Å². The lowest BCUT2D eigenvalue weighted by Crippen LogP contribution is -2.15. The van der Waals surface area contributed by atoms with E-state index in [0.717, 1.165) is 24.1 Å². The molecule has 0 saturated heterocycles. The summed E-state index contributed by atoms with van der Waals surface area (Å²) in [5.74, 6) is 0. The fraction of sp³-hybridized carbons (Fsp3) is 0.471. The average molecular weight is 286 g/mol. The largest absolute Gasteiger partial charge is 0.378 e. The lowest BCUT2D eigenvalue weighted by molar-refractivity contribution is 0.472. The second-order valence-electron chi connectivity index (χ2n) is 5.84. The van der Waals surface area contributed by atoms with Crippen LogP contribution in [0.15, 0.2) is 36.5 Å². The number of hydrogen-bond donors (Lipinski definition) is 1. The Kier molecular flexibility index (Phi) is 5.02. The molecule has 0 radical (unpaired) electrons. The molecule has 1 aromatic heterocycles. The van der Waals surface area contributed by atoms with Gasteiger partial charge in [0.2, 0.25) is 0 Å². The van der Waals surface area contributed by atoms with Gasteiger partial charge in [0.25, 0.3) is 0 Å². The van der Waals surface area contributed by atoms with Gasteiger partial charge in [0.1, 0.15) is 0 Å². The molecule has 0 aliphatic carbocycles. The van der Waals surface area contributed by atoms with E-state index in [1.807, 2.05) is 25.0 Å². The molecule has 0 bridgehead atoms. The molecule has 4 nitrogen and oxygen atoms in total. The van der Waals surface area contributed by atoms with E-state index in [9.17, 15) is 0 Å². The number of rotatable bonds is 6. The van der Waals surface area contributed by atoms with Gasteiger partial charge in [-0.25, -0.2) is 0 Å².